The minimum Gasteiger partial charge on any atom is -0.308 e. The van der Waals surface area contributed by atoms with E-state index in [2.05, 4.69) is 35.2 Å². The molecule has 2 nitrogen and oxygen atoms in total. The fourth-order valence-corrected chi connectivity index (χ4v) is 3.82. The van der Waals surface area contributed by atoms with E-state index in [9.17, 15) is 4.79 Å². The van der Waals surface area contributed by atoms with Crippen molar-refractivity contribution in [1.82, 2.24) is 4.90 Å². The summed E-state index contributed by atoms with van der Waals surface area (Å²) in [7, 11) is 4.10. The van der Waals surface area contributed by atoms with E-state index >= 15 is 0 Å². The Labute approximate surface area is 144 Å². The Balaban J connectivity index is 2.03. The lowest BCUT2D eigenvalue weighted by Gasteiger charge is -2.39. The smallest absolute Gasteiger partial charge is 0.170 e. The van der Waals surface area contributed by atoms with Crippen molar-refractivity contribution < 1.29 is 4.79 Å². The molecule has 1 saturated carbocycles. The predicted octanol–water partition coefficient (Wildman–Crippen LogP) is 4.32. The first kappa shape index (κ1) is 16.7. The zero-order chi connectivity index (χ0) is 17.0. The van der Waals surface area contributed by atoms with Crippen LogP contribution in [0.2, 0.25) is 0 Å². The summed E-state index contributed by atoms with van der Waals surface area (Å²) in [6.07, 6.45) is 4.91. The van der Waals surface area contributed by atoms with Gasteiger partial charge in [-0.25, -0.2) is 0 Å². The molecule has 124 valence electrons. The van der Waals surface area contributed by atoms with Gasteiger partial charge in [-0.1, -0.05) is 60.7 Å². The summed E-state index contributed by atoms with van der Waals surface area (Å²) < 4.78 is 0. The van der Waals surface area contributed by atoms with Crippen LogP contribution in [0.3, 0.4) is 0 Å². The van der Waals surface area contributed by atoms with Crippen molar-refractivity contribution in [3.63, 3.8) is 0 Å². The zero-order valence-electron chi connectivity index (χ0n) is 14.5. The average molecular weight is 319 g/mol. The van der Waals surface area contributed by atoms with E-state index in [4.69, 9.17) is 0 Å². The topological polar surface area (TPSA) is 20.3 Å². The maximum absolute atomic E-state index is 13.5. The lowest BCUT2D eigenvalue weighted by Crippen LogP contribution is -2.47. The van der Waals surface area contributed by atoms with Crippen LogP contribution in [0.5, 0.6) is 0 Å². The first-order valence-electron chi connectivity index (χ1n) is 8.62. The van der Waals surface area contributed by atoms with Crippen LogP contribution in [0.1, 0.15) is 30.4 Å². The van der Waals surface area contributed by atoms with Gasteiger partial charge in [-0.15, -0.1) is 0 Å². The number of likely N-dealkylation sites (N-methyl/N-ethyl adjacent to an activating group) is 1. The number of hydrogen-bond acceptors (Lipinski definition) is 2. The number of Topliss-reactive ketones (excluding diaryl/α,β-unsaturated/α-hetero) is 1. The van der Waals surface area contributed by atoms with Gasteiger partial charge in [0.15, 0.2) is 5.78 Å². The first-order chi connectivity index (χ1) is 11.6. The monoisotopic (exact) mass is 319 g/mol. The van der Waals surface area contributed by atoms with Crippen LogP contribution in [0, 0.1) is 0 Å². The molecule has 2 aromatic rings. The van der Waals surface area contributed by atoms with Gasteiger partial charge in [0.2, 0.25) is 0 Å². The molecule has 0 heterocycles. The van der Waals surface area contributed by atoms with Crippen molar-refractivity contribution in [1.29, 1.82) is 0 Å². The van der Waals surface area contributed by atoms with Gasteiger partial charge in [0, 0.05) is 6.54 Å². The Kier molecular flexibility index (Phi) is 4.96. The van der Waals surface area contributed by atoms with Gasteiger partial charge in [-0.2, -0.15) is 0 Å². The second-order valence-corrected chi connectivity index (χ2v) is 6.95. The number of carbonyl (C=O) groups is 1. The van der Waals surface area contributed by atoms with Crippen LogP contribution >= 0.6 is 0 Å². The van der Waals surface area contributed by atoms with E-state index in [1.54, 1.807) is 0 Å². The Bertz CT molecular complexity index is 718. The molecule has 0 radical (unpaired) electrons. The summed E-state index contributed by atoms with van der Waals surface area (Å²) in [6.45, 7) is 0.752. The van der Waals surface area contributed by atoms with Gasteiger partial charge in [0.05, 0.1) is 5.41 Å². The highest BCUT2D eigenvalue weighted by Gasteiger charge is 2.43. The molecule has 0 N–H and O–H groups in total. The van der Waals surface area contributed by atoms with Crippen LogP contribution in [0.15, 0.2) is 66.2 Å². The molecule has 0 spiro atoms. The number of rotatable bonds is 4. The number of benzene rings is 2. The van der Waals surface area contributed by atoms with Gasteiger partial charge < -0.3 is 4.90 Å². The zero-order valence-corrected chi connectivity index (χ0v) is 14.5. The molecule has 0 bridgehead atoms. The van der Waals surface area contributed by atoms with Crippen molar-refractivity contribution in [2.45, 2.75) is 24.7 Å². The molecule has 1 unspecified atom stereocenters. The summed E-state index contributed by atoms with van der Waals surface area (Å²) in [6, 6.07) is 20.5. The number of carbonyl (C=O) groups excluding carboxylic acids is 1. The highest BCUT2D eigenvalue weighted by Crippen LogP contribution is 2.40. The molecule has 1 aliphatic rings. The molecule has 0 saturated heterocycles. The molecular weight excluding hydrogens is 294 g/mol. The van der Waals surface area contributed by atoms with Gasteiger partial charge >= 0.3 is 0 Å². The second kappa shape index (κ2) is 7.14. The number of allylic oxidation sites excluding steroid dienone is 1. The molecule has 0 amide bonds. The van der Waals surface area contributed by atoms with E-state index in [-0.39, 0.29) is 5.78 Å². The summed E-state index contributed by atoms with van der Waals surface area (Å²) in [5, 5.41) is 0. The second-order valence-electron chi connectivity index (χ2n) is 6.95. The Morgan fingerprint density at radius 3 is 2.25 bits per heavy atom. The third-order valence-corrected chi connectivity index (χ3v) is 4.83. The van der Waals surface area contributed by atoms with E-state index < -0.39 is 5.41 Å². The number of hydrogen-bond donors (Lipinski definition) is 0. The molecule has 1 fully saturated rings. The van der Waals surface area contributed by atoms with Gasteiger partial charge in [0.1, 0.15) is 0 Å². The fourth-order valence-electron chi connectivity index (χ4n) is 3.82. The van der Waals surface area contributed by atoms with Crippen molar-refractivity contribution in [3.05, 3.63) is 77.4 Å². The van der Waals surface area contributed by atoms with Crippen molar-refractivity contribution in [3.8, 4) is 0 Å². The van der Waals surface area contributed by atoms with Gasteiger partial charge in [0.25, 0.3) is 0 Å². The normalized spacial score (nSPS) is 23.0. The molecule has 0 aliphatic heterocycles. The standard InChI is InChI=1S/C22H25NO/c1-23(2)17-22(20-13-7-4-8-14-20)15-9-12-19(21(22)24)16-18-10-5-3-6-11-18/h3-8,10-11,13-14,16H,9,12,15,17H2,1-2H3/b19-16+. The maximum atomic E-state index is 13.5. The third-order valence-electron chi connectivity index (χ3n) is 4.83. The molecule has 1 atom stereocenters. The minimum atomic E-state index is -0.427. The fraction of sp³-hybridized carbons (Fsp3) is 0.318. The van der Waals surface area contributed by atoms with Crippen LogP contribution in [0.4, 0.5) is 0 Å². The van der Waals surface area contributed by atoms with Crippen LogP contribution in [-0.4, -0.2) is 31.3 Å². The first-order valence-corrected chi connectivity index (χ1v) is 8.62. The van der Waals surface area contributed by atoms with E-state index in [0.717, 1.165) is 42.5 Å². The molecule has 2 aromatic carbocycles. The largest absolute Gasteiger partial charge is 0.308 e. The van der Waals surface area contributed by atoms with E-state index in [1.165, 1.54) is 0 Å². The lowest BCUT2D eigenvalue weighted by molar-refractivity contribution is -0.123. The highest BCUT2D eigenvalue weighted by molar-refractivity contribution is 6.07. The highest BCUT2D eigenvalue weighted by atomic mass is 16.1. The summed E-state index contributed by atoms with van der Waals surface area (Å²) in [5.41, 5.74) is 2.78. The number of ketones is 1. The molecule has 24 heavy (non-hydrogen) atoms. The molecule has 3 rings (SSSR count). The summed E-state index contributed by atoms with van der Waals surface area (Å²) >= 11 is 0. The van der Waals surface area contributed by atoms with E-state index in [1.807, 2.05) is 50.5 Å². The lowest BCUT2D eigenvalue weighted by atomic mass is 9.66. The summed E-state index contributed by atoms with van der Waals surface area (Å²) in [4.78, 5) is 15.6. The minimum absolute atomic E-state index is 0.289. The molecule has 0 aromatic heterocycles. The van der Waals surface area contributed by atoms with E-state index in [0.29, 0.717) is 0 Å². The van der Waals surface area contributed by atoms with Gasteiger partial charge in [-0.05, 0) is 56.1 Å². The average Bonchev–Trinajstić information content (AvgIpc) is 2.60. The Hall–Kier alpha value is -2.19. The van der Waals surface area contributed by atoms with Gasteiger partial charge in [-0.3, -0.25) is 4.79 Å². The van der Waals surface area contributed by atoms with Crippen molar-refractivity contribution in [2.75, 3.05) is 20.6 Å². The van der Waals surface area contributed by atoms with Crippen LogP contribution in [-0.2, 0) is 10.2 Å². The quantitative estimate of drug-likeness (QED) is 0.782. The SMILES string of the molecule is CN(C)CC1(c2ccccc2)CCC/C(=C\c2ccccc2)C1=O. The van der Waals surface area contributed by atoms with Crippen LogP contribution in [0.25, 0.3) is 6.08 Å². The molecule has 1 aliphatic carbocycles. The molecular formula is C22H25NO. The van der Waals surface area contributed by atoms with Crippen molar-refractivity contribution in [2.24, 2.45) is 0 Å². The maximum Gasteiger partial charge on any atom is 0.170 e. The Morgan fingerprint density at radius 2 is 1.62 bits per heavy atom. The summed E-state index contributed by atoms with van der Waals surface area (Å²) in [5.74, 6) is 0.289. The third kappa shape index (κ3) is 3.34. The molecule has 2 heteroatoms. The Morgan fingerprint density at radius 1 is 1.00 bits per heavy atom. The predicted molar refractivity (Wildman–Crippen MR) is 100.0 cm³/mol. The number of nitrogens with zero attached hydrogens (tertiary/aromatic N) is 1. The van der Waals surface area contributed by atoms with Crippen molar-refractivity contribution >= 4 is 11.9 Å². The van der Waals surface area contributed by atoms with Crippen LogP contribution < -0.4 is 0 Å².